The van der Waals surface area contributed by atoms with Crippen LogP contribution >= 0.6 is 0 Å². The van der Waals surface area contributed by atoms with Gasteiger partial charge >= 0.3 is 6.18 Å². The van der Waals surface area contributed by atoms with Gasteiger partial charge in [0.15, 0.2) is 28.7 Å². The van der Waals surface area contributed by atoms with Gasteiger partial charge < -0.3 is 19.1 Å². The minimum Gasteiger partial charge on any atom is -0.490 e. The van der Waals surface area contributed by atoms with E-state index in [1.54, 1.807) is 13.8 Å². The second-order valence-electron chi connectivity index (χ2n) is 7.93. The van der Waals surface area contributed by atoms with Gasteiger partial charge in [-0.2, -0.15) is 17.7 Å². The topological polar surface area (TPSA) is 78.2 Å². The minimum atomic E-state index is -4.77. The molecule has 0 saturated carbocycles. The smallest absolute Gasteiger partial charge is 0.433 e. The van der Waals surface area contributed by atoms with Gasteiger partial charge in [-0.25, -0.2) is 4.98 Å². The Hall–Kier alpha value is -3.50. The number of hydrogen-bond acceptors (Lipinski definition) is 7. The third-order valence-electron chi connectivity index (χ3n) is 5.78. The largest absolute Gasteiger partial charge is 0.490 e. The van der Waals surface area contributed by atoms with E-state index in [0.29, 0.717) is 36.1 Å². The molecule has 8 nitrogen and oxygen atoms in total. The Bertz CT molecular complexity index is 1520. The first-order chi connectivity index (χ1) is 18.0. The van der Waals surface area contributed by atoms with Gasteiger partial charge in [0.25, 0.3) is 5.56 Å². The number of halogens is 3. The van der Waals surface area contributed by atoms with Crippen molar-refractivity contribution in [2.24, 2.45) is 0 Å². The molecule has 0 amide bonds. The summed E-state index contributed by atoms with van der Waals surface area (Å²) in [4.78, 5) is 17.9. The Morgan fingerprint density at radius 3 is 2.53 bits per heavy atom. The molecule has 0 bridgehead atoms. The van der Waals surface area contributed by atoms with Crippen LogP contribution in [0.5, 0.6) is 17.2 Å². The molecule has 2 aliphatic rings. The number of fused-ring (bicyclic) bond motifs is 2. The van der Waals surface area contributed by atoms with Crippen LogP contribution in [-0.2, 0) is 6.18 Å². The zero-order valence-electron chi connectivity index (χ0n) is 23.2. The molecule has 34 heavy (non-hydrogen) atoms. The second-order valence-corrected chi connectivity index (χ2v) is 7.93. The molecule has 1 fully saturated rings. The van der Waals surface area contributed by atoms with Crippen LogP contribution in [0.4, 0.5) is 19.0 Å². The van der Waals surface area contributed by atoms with Crippen LogP contribution in [0, 0.1) is 13.8 Å². The van der Waals surface area contributed by atoms with Crippen LogP contribution in [0.3, 0.4) is 0 Å². The van der Waals surface area contributed by atoms with Gasteiger partial charge in [0.1, 0.15) is 24.9 Å². The Morgan fingerprint density at radius 1 is 1.12 bits per heavy atom. The molecule has 1 saturated heterocycles. The SMILES string of the molecule is [2H]C1(Oc2ccc3c(c2)OC([2H])([2H])C([2H])([2H])O3)CCN(c2nn3c(=O)cc(C(F)(F)F)nc3c(C)c2C)CC1. The molecule has 4 heterocycles. The van der Waals surface area contributed by atoms with Crippen molar-refractivity contribution in [3.63, 3.8) is 0 Å². The highest BCUT2D eigenvalue weighted by Crippen LogP contribution is 2.35. The molecule has 0 spiro atoms. The van der Waals surface area contributed by atoms with Gasteiger partial charge in [-0.05, 0) is 26.0 Å². The summed E-state index contributed by atoms with van der Waals surface area (Å²) in [6.45, 7) is -1.60. The van der Waals surface area contributed by atoms with E-state index in [1.165, 1.54) is 18.2 Å². The summed E-state index contributed by atoms with van der Waals surface area (Å²) in [5.74, 6) is 0.527. The molecule has 0 N–H and O–H groups in total. The van der Waals surface area contributed by atoms with Crippen molar-refractivity contribution in [2.45, 2.75) is 38.9 Å². The Morgan fingerprint density at radius 2 is 1.82 bits per heavy atom. The van der Waals surface area contributed by atoms with Gasteiger partial charge in [0.2, 0.25) is 0 Å². The van der Waals surface area contributed by atoms with Crippen LogP contribution < -0.4 is 24.7 Å². The molecular weight excluding hydrogens is 453 g/mol. The van der Waals surface area contributed by atoms with E-state index in [0.717, 1.165) is 4.52 Å². The lowest BCUT2D eigenvalue weighted by Crippen LogP contribution is -2.40. The molecule has 2 aromatic heterocycles. The number of hydrogen-bond donors (Lipinski definition) is 0. The first-order valence-corrected chi connectivity index (χ1v) is 10.4. The molecule has 2 aliphatic heterocycles. The van der Waals surface area contributed by atoms with Crippen molar-refractivity contribution < 1.29 is 34.2 Å². The van der Waals surface area contributed by atoms with E-state index < -0.39 is 36.6 Å². The summed E-state index contributed by atoms with van der Waals surface area (Å²) in [6, 6.07) is 4.58. The average molecular weight is 481 g/mol. The van der Waals surface area contributed by atoms with E-state index in [-0.39, 0.29) is 35.7 Å². The third-order valence-corrected chi connectivity index (χ3v) is 5.78. The molecule has 5 rings (SSSR count). The Labute approximate surface area is 199 Å². The quantitative estimate of drug-likeness (QED) is 0.566. The summed E-state index contributed by atoms with van der Waals surface area (Å²) in [5.41, 5.74) is -1.49. The maximum atomic E-state index is 13.2. The van der Waals surface area contributed by atoms with Crippen molar-refractivity contribution >= 4 is 11.5 Å². The standard InChI is InChI=1S/C23H23F3N4O4/c1-13-14(2)22(28-30-20(31)12-19(23(24,25)26)27-21(13)30)29-7-5-15(6-8-29)34-16-3-4-17-18(11-16)33-10-9-32-17/h3-4,11-12,15H,5-10H2,1-2H3/i9D2,10D2,15D. The highest BCUT2D eigenvalue weighted by Gasteiger charge is 2.34. The van der Waals surface area contributed by atoms with E-state index in [2.05, 4.69) is 10.1 Å². The maximum Gasteiger partial charge on any atom is 0.433 e. The fraction of sp³-hybridized carbons (Fsp3) is 0.435. The maximum absolute atomic E-state index is 13.2. The molecule has 0 aliphatic carbocycles. The molecule has 0 atom stereocenters. The second kappa shape index (κ2) is 8.37. The first-order valence-electron chi connectivity index (χ1n) is 12.9. The lowest BCUT2D eigenvalue weighted by molar-refractivity contribution is -0.141. The highest BCUT2D eigenvalue weighted by molar-refractivity contribution is 5.59. The van der Waals surface area contributed by atoms with Crippen molar-refractivity contribution in [1.82, 2.24) is 14.6 Å². The zero-order chi connectivity index (χ0) is 28.5. The summed E-state index contributed by atoms with van der Waals surface area (Å²) < 4.78 is 96.1. The number of aryl methyl sites for hydroxylation is 1. The molecule has 0 unspecified atom stereocenters. The third kappa shape index (κ3) is 4.10. The van der Waals surface area contributed by atoms with E-state index in [1.807, 2.05) is 4.90 Å². The zero-order valence-corrected chi connectivity index (χ0v) is 18.2. The monoisotopic (exact) mass is 481 g/mol. The van der Waals surface area contributed by atoms with Crippen molar-refractivity contribution in [3.8, 4) is 17.2 Å². The fourth-order valence-electron chi connectivity index (χ4n) is 3.87. The number of nitrogens with zero attached hydrogens (tertiary/aromatic N) is 4. The predicted octanol–water partition coefficient (Wildman–Crippen LogP) is 3.54. The van der Waals surface area contributed by atoms with Crippen molar-refractivity contribution in [3.05, 3.63) is 51.4 Å². The molecular formula is C23H23F3N4O4. The van der Waals surface area contributed by atoms with Gasteiger partial charge in [-0.1, -0.05) is 0 Å². The van der Waals surface area contributed by atoms with Crippen LogP contribution in [0.25, 0.3) is 5.65 Å². The van der Waals surface area contributed by atoms with Crippen LogP contribution in [0.15, 0.2) is 29.1 Å². The predicted molar refractivity (Wildman–Crippen MR) is 117 cm³/mol. The summed E-state index contributed by atoms with van der Waals surface area (Å²) in [7, 11) is 0. The van der Waals surface area contributed by atoms with Crippen LogP contribution in [0.2, 0.25) is 0 Å². The van der Waals surface area contributed by atoms with Gasteiger partial charge in [0, 0.05) is 49.2 Å². The van der Waals surface area contributed by atoms with Gasteiger partial charge in [-0.3, -0.25) is 4.79 Å². The number of ether oxygens (including phenoxy) is 3. The number of anilines is 1. The van der Waals surface area contributed by atoms with Crippen molar-refractivity contribution in [2.75, 3.05) is 31.1 Å². The Kier molecular flexibility index (Phi) is 4.19. The van der Waals surface area contributed by atoms with E-state index in [9.17, 15) is 18.0 Å². The first kappa shape index (κ1) is 17.0. The van der Waals surface area contributed by atoms with Crippen LogP contribution in [-0.4, -0.2) is 46.9 Å². The summed E-state index contributed by atoms with van der Waals surface area (Å²) in [6.07, 6.45) is -5.76. The van der Waals surface area contributed by atoms with E-state index in [4.69, 9.17) is 21.1 Å². The normalized spacial score (nSPS) is 22.7. The molecule has 3 aromatic rings. The van der Waals surface area contributed by atoms with Crippen LogP contribution in [0.1, 0.15) is 36.5 Å². The highest BCUT2D eigenvalue weighted by atomic mass is 19.4. The number of aromatic nitrogens is 3. The fourth-order valence-corrected chi connectivity index (χ4v) is 3.87. The number of rotatable bonds is 3. The summed E-state index contributed by atoms with van der Waals surface area (Å²) in [5, 5.41) is 4.29. The molecule has 1 aromatic carbocycles. The average Bonchev–Trinajstić information content (AvgIpc) is 2.82. The van der Waals surface area contributed by atoms with E-state index >= 15 is 0 Å². The van der Waals surface area contributed by atoms with Crippen molar-refractivity contribution in [1.29, 1.82) is 0 Å². The lowest BCUT2D eigenvalue weighted by atomic mass is 10.1. The number of benzene rings is 1. The number of piperidine rings is 1. The molecule has 0 radical (unpaired) electrons. The summed E-state index contributed by atoms with van der Waals surface area (Å²) >= 11 is 0. The van der Waals surface area contributed by atoms with Gasteiger partial charge in [0.05, 0.1) is 6.85 Å². The number of alkyl halides is 3. The van der Waals surface area contributed by atoms with Gasteiger partial charge in [-0.15, -0.1) is 5.10 Å². The Balaban J connectivity index is 1.35. The lowest BCUT2D eigenvalue weighted by Gasteiger charge is -2.34. The molecule has 11 heteroatoms. The minimum absolute atomic E-state index is 0.00312. The molecule has 180 valence electrons.